The van der Waals surface area contributed by atoms with Crippen molar-refractivity contribution in [3.05, 3.63) is 34.9 Å². The highest BCUT2D eigenvalue weighted by atomic mass is 16.6. The summed E-state index contributed by atoms with van der Waals surface area (Å²) < 4.78 is 9.90. The number of nitrogens with zero attached hydrogens (tertiary/aromatic N) is 1. The van der Waals surface area contributed by atoms with Gasteiger partial charge in [-0.2, -0.15) is 0 Å². The molecule has 2 unspecified atom stereocenters. The zero-order valence-electron chi connectivity index (χ0n) is 21.6. The number of hydrogen-bond donors (Lipinski definition) is 2. The zero-order chi connectivity index (χ0) is 26.1. The van der Waals surface area contributed by atoms with Gasteiger partial charge in [0.25, 0.3) is 0 Å². The number of rotatable bonds is 10. The van der Waals surface area contributed by atoms with E-state index in [1.165, 1.54) is 12.0 Å². The number of carbonyl (C=O) groups is 4. The molecule has 0 heterocycles. The van der Waals surface area contributed by atoms with Gasteiger partial charge in [0.05, 0.1) is 7.11 Å². The molecule has 190 valence electrons. The van der Waals surface area contributed by atoms with Gasteiger partial charge < -0.3 is 25.0 Å². The first kappa shape index (κ1) is 28.9. The van der Waals surface area contributed by atoms with Gasteiger partial charge >= 0.3 is 12.1 Å². The van der Waals surface area contributed by atoms with Crippen LogP contribution in [0.15, 0.2) is 18.2 Å². The molecule has 34 heavy (non-hydrogen) atoms. The molecule has 0 saturated heterocycles. The van der Waals surface area contributed by atoms with Gasteiger partial charge in [-0.1, -0.05) is 31.5 Å². The first-order chi connectivity index (χ1) is 15.8. The number of methoxy groups -OCH3 is 1. The Labute approximate surface area is 202 Å². The van der Waals surface area contributed by atoms with Crippen LogP contribution in [0.1, 0.15) is 70.2 Å². The number of carbonyl (C=O) groups excluding carboxylic acids is 4. The van der Waals surface area contributed by atoms with Crippen molar-refractivity contribution in [1.29, 1.82) is 0 Å². The van der Waals surface area contributed by atoms with Crippen LogP contribution in [0.5, 0.6) is 0 Å². The van der Waals surface area contributed by atoms with Crippen molar-refractivity contribution in [2.24, 2.45) is 0 Å². The lowest BCUT2D eigenvalue weighted by Gasteiger charge is -2.34. The number of hydrogen-bond acceptors (Lipinski definition) is 6. The lowest BCUT2D eigenvalue weighted by atomic mass is 9.95. The zero-order valence-corrected chi connectivity index (χ0v) is 21.6. The van der Waals surface area contributed by atoms with Crippen molar-refractivity contribution >= 4 is 23.9 Å². The van der Waals surface area contributed by atoms with Crippen molar-refractivity contribution in [1.82, 2.24) is 15.5 Å². The van der Waals surface area contributed by atoms with Crippen molar-refractivity contribution in [3.8, 4) is 0 Å². The smallest absolute Gasteiger partial charge is 0.408 e. The fraction of sp³-hybridized carbons (Fsp3) is 0.600. The summed E-state index contributed by atoms with van der Waals surface area (Å²) in [6, 6.07) is 3.61. The molecule has 1 aromatic carbocycles. The standard InChI is InChI=1S/C25H39N3O6/c1-9-10-14-28(23(31)18(4)27-24(32)34-25(5,6)7)21(22(30)26-15-20(29)33-8)19-13-11-12-16(2)17(19)3/h11-13,18,21H,9-10,14-15H2,1-8H3,(H,26,30)(H,27,32). The van der Waals surface area contributed by atoms with Crippen LogP contribution in [0.4, 0.5) is 4.79 Å². The maximum atomic E-state index is 13.5. The molecule has 0 aliphatic rings. The molecular formula is C25H39N3O6. The number of benzene rings is 1. The van der Waals surface area contributed by atoms with Crippen LogP contribution in [0.25, 0.3) is 0 Å². The predicted octanol–water partition coefficient (Wildman–Crippen LogP) is 3.18. The first-order valence-electron chi connectivity index (χ1n) is 11.5. The highest BCUT2D eigenvalue weighted by molar-refractivity contribution is 5.93. The first-order valence-corrected chi connectivity index (χ1v) is 11.5. The monoisotopic (exact) mass is 477 g/mol. The molecule has 9 nitrogen and oxygen atoms in total. The second-order valence-corrected chi connectivity index (χ2v) is 9.24. The second-order valence-electron chi connectivity index (χ2n) is 9.24. The third-order valence-electron chi connectivity index (χ3n) is 5.28. The average Bonchev–Trinajstić information content (AvgIpc) is 2.75. The molecule has 1 aromatic rings. The molecule has 9 heteroatoms. The number of alkyl carbamates (subject to hydrolysis) is 1. The van der Waals surface area contributed by atoms with Crippen LogP contribution in [0.2, 0.25) is 0 Å². The Bertz CT molecular complexity index is 878. The fourth-order valence-electron chi connectivity index (χ4n) is 3.34. The number of nitrogens with one attached hydrogen (secondary N) is 2. The Morgan fingerprint density at radius 1 is 1.12 bits per heavy atom. The van der Waals surface area contributed by atoms with Crippen LogP contribution in [0.3, 0.4) is 0 Å². The van der Waals surface area contributed by atoms with E-state index in [9.17, 15) is 19.2 Å². The molecule has 2 N–H and O–H groups in total. The van der Waals surface area contributed by atoms with E-state index in [0.717, 1.165) is 17.5 Å². The molecule has 0 aliphatic heterocycles. The third-order valence-corrected chi connectivity index (χ3v) is 5.28. The Morgan fingerprint density at radius 2 is 1.76 bits per heavy atom. The summed E-state index contributed by atoms with van der Waals surface area (Å²) in [5.74, 6) is -1.54. The van der Waals surface area contributed by atoms with E-state index >= 15 is 0 Å². The highest BCUT2D eigenvalue weighted by Gasteiger charge is 2.35. The topological polar surface area (TPSA) is 114 Å². The van der Waals surface area contributed by atoms with Crippen molar-refractivity contribution in [3.63, 3.8) is 0 Å². The minimum absolute atomic E-state index is 0.291. The van der Waals surface area contributed by atoms with Crippen molar-refractivity contribution < 1.29 is 28.7 Å². The summed E-state index contributed by atoms with van der Waals surface area (Å²) in [6.45, 7) is 12.5. The van der Waals surface area contributed by atoms with Crippen LogP contribution in [-0.4, -0.2) is 60.6 Å². The van der Waals surface area contributed by atoms with Gasteiger partial charge in [-0.05, 0) is 64.7 Å². The van der Waals surface area contributed by atoms with Gasteiger partial charge in [-0.15, -0.1) is 0 Å². The molecule has 0 bridgehead atoms. The Morgan fingerprint density at radius 3 is 2.32 bits per heavy atom. The number of unbranched alkanes of at least 4 members (excludes halogenated alkanes) is 1. The number of esters is 1. The molecule has 2 atom stereocenters. The van der Waals surface area contributed by atoms with E-state index in [1.54, 1.807) is 33.8 Å². The van der Waals surface area contributed by atoms with Crippen LogP contribution >= 0.6 is 0 Å². The van der Waals surface area contributed by atoms with Crippen LogP contribution < -0.4 is 10.6 Å². The van der Waals surface area contributed by atoms with Gasteiger partial charge in [0.1, 0.15) is 24.2 Å². The van der Waals surface area contributed by atoms with E-state index in [0.29, 0.717) is 18.5 Å². The predicted molar refractivity (Wildman–Crippen MR) is 129 cm³/mol. The maximum Gasteiger partial charge on any atom is 0.408 e. The molecule has 0 aromatic heterocycles. The lowest BCUT2D eigenvalue weighted by Crippen LogP contribution is -2.52. The molecule has 3 amide bonds. The maximum absolute atomic E-state index is 13.5. The lowest BCUT2D eigenvalue weighted by molar-refractivity contribution is -0.144. The fourth-order valence-corrected chi connectivity index (χ4v) is 3.34. The highest BCUT2D eigenvalue weighted by Crippen LogP contribution is 2.27. The number of aryl methyl sites for hydroxylation is 1. The molecular weight excluding hydrogens is 438 g/mol. The summed E-state index contributed by atoms with van der Waals surface area (Å²) in [6.07, 6.45) is 0.722. The summed E-state index contributed by atoms with van der Waals surface area (Å²) >= 11 is 0. The molecule has 0 spiro atoms. The Hall–Kier alpha value is -3.10. The average molecular weight is 478 g/mol. The quantitative estimate of drug-likeness (QED) is 0.501. The number of ether oxygens (including phenoxy) is 2. The molecule has 0 saturated carbocycles. The van der Waals surface area contributed by atoms with Crippen LogP contribution in [-0.2, 0) is 23.9 Å². The van der Waals surface area contributed by atoms with Gasteiger partial charge in [0.15, 0.2) is 0 Å². The summed E-state index contributed by atoms with van der Waals surface area (Å²) in [5, 5.41) is 5.15. The normalized spacial score (nSPS) is 12.8. The van der Waals surface area contributed by atoms with E-state index in [4.69, 9.17) is 4.74 Å². The minimum atomic E-state index is -0.994. The van der Waals surface area contributed by atoms with Crippen molar-refractivity contribution in [2.75, 3.05) is 20.2 Å². The van der Waals surface area contributed by atoms with E-state index in [2.05, 4.69) is 15.4 Å². The van der Waals surface area contributed by atoms with Gasteiger partial charge in [-0.3, -0.25) is 14.4 Å². The van der Waals surface area contributed by atoms with Gasteiger partial charge in [0.2, 0.25) is 11.8 Å². The molecule has 0 fully saturated rings. The van der Waals surface area contributed by atoms with E-state index in [-0.39, 0.29) is 6.54 Å². The molecule has 1 rings (SSSR count). The molecule has 0 aliphatic carbocycles. The second kappa shape index (κ2) is 13.0. The molecule has 0 radical (unpaired) electrons. The summed E-state index contributed by atoms with van der Waals surface area (Å²) in [7, 11) is 1.23. The Balaban J connectivity index is 3.36. The van der Waals surface area contributed by atoms with Gasteiger partial charge in [-0.25, -0.2) is 4.79 Å². The summed E-state index contributed by atoms with van der Waals surface area (Å²) in [4.78, 5) is 52.2. The van der Waals surface area contributed by atoms with Gasteiger partial charge in [0, 0.05) is 6.54 Å². The number of amides is 3. The Kier molecular flexibility index (Phi) is 11.0. The largest absolute Gasteiger partial charge is 0.468 e. The van der Waals surface area contributed by atoms with E-state index < -0.39 is 41.6 Å². The SMILES string of the molecule is CCCCN(C(=O)C(C)NC(=O)OC(C)(C)C)C(C(=O)NCC(=O)OC)c1cccc(C)c1C. The van der Waals surface area contributed by atoms with E-state index in [1.807, 2.05) is 32.9 Å². The summed E-state index contributed by atoms with van der Waals surface area (Å²) in [5.41, 5.74) is 1.76. The van der Waals surface area contributed by atoms with Crippen molar-refractivity contribution in [2.45, 2.75) is 79.0 Å². The third kappa shape index (κ3) is 8.68. The minimum Gasteiger partial charge on any atom is -0.468 e. The van der Waals surface area contributed by atoms with Crippen LogP contribution in [0, 0.1) is 13.8 Å².